The zero-order valence-electron chi connectivity index (χ0n) is 34.6. The molecule has 18 nitrogen and oxygen atoms in total. The first-order valence-electron chi connectivity index (χ1n) is 19.5. The molecule has 2 aromatic rings. The lowest BCUT2D eigenvalue weighted by Gasteiger charge is -2.28. The van der Waals surface area contributed by atoms with Crippen molar-refractivity contribution in [1.29, 1.82) is 0 Å². The summed E-state index contributed by atoms with van der Waals surface area (Å²) in [6, 6.07) is 12.9. The Balaban J connectivity index is 2.29. The number of carbonyl (C=O) groups excluding carboxylic acids is 6. The van der Waals surface area contributed by atoms with Gasteiger partial charge in [0, 0.05) is 52.7 Å². The number of sulfone groups is 1. The molecule has 0 heterocycles. The highest BCUT2D eigenvalue weighted by Gasteiger charge is 2.31. The first-order chi connectivity index (χ1) is 27.7. The van der Waals surface area contributed by atoms with Crippen LogP contribution < -0.4 is 43.8 Å². The van der Waals surface area contributed by atoms with Crippen LogP contribution in [0.15, 0.2) is 65.7 Å². The molecule has 11 N–H and O–H groups in total. The molecule has 2 aromatic carbocycles. The van der Waals surface area contributed by atoms with Gasteiger partial charge in [0.1, 0.15) is 34.0 Å². The molecule has 0 spiro atoms. The van der Waals surface area contributed by atoms with Crippen LogP contribution in [0.3, 0.4) is 0 Å². The maximum absolute atomic E-state index is 14.2. The number of benzene rings is 2. The third-order valence-electron chi connectivity index (χ3n) is 9.13. The predicted octanol–water partition coefficient (Wildman–Crippen LogP) is -1.13. The molecule has 0 bridgehead atoms. The van der Waals surface area contributed by atoms with Gasteiger partial charge in [-0.15, -0.1) is 0 Å². The number of aliphatic imine (C=N–C) groups is 1. The minimum atomic E-state index is -3.41. The molecule has 19 heteroatoms. The number of likely N-dealkylation sites (N-methyl/N-ethyl adjacent to an activating group) is 1. The van der Waals surface area contributed by atoms with Crippen LogP contribution in [0.2, 0.25) is 0 Å². The first kappa shape index (κ1) is 49.6. The van der Waals surface area contributed by atoms with Crippen LogP contribution in [-0.4, -0.2) is 124 Å². The largest absolute Gasteiger partial charge is 0.370 e. The number of primary amides is 1. The van der Waals surface area contributed by atoms with Crippen molar-refractivity contribution < 1.29 is 37.2 Å². The molecule has 0 aromatic heterocycles. The van der Waals surface area contributed by atoms with E-state index in [1.54, 1.807) is 31.3 Å². The van der Waals surface area contributed by atoms with Gasteiger partial charge in [0.05, 0.1) is 11.8 Å². The number of nitrogens with zero attached hydrogens (tertiary/aromatic N) is 2. The number of nitrogens with two attached hydrogens (primary N) is 3. The van der Waals surface area contributed by atoms with Crippen LogP contribution in [-0.2, 0) is 51.4 Å². The summed E-state index contributed by atoms with van der Waals surface area (Å²) in [5.74, 6) is -3.91. The van der Waals surface area contributed by atoms with Crippen molar-refractivity contribution >= 4 is 51.2 Å². The second-order valence-electron chi connectivity index (χ2n) is 15.0. The Labute approximate surface area is 347 Å². The van der Waals surface area contributed by atoms with Crippen molar-refractivity contribution in [2.75, 3.05) is 38.7 Å². The minimum Gasteiger partial charge on any atom is -0.370 e. The second kappa shape index (κ2) is 25.0. The smallest absolute Gasteiger partial charge is 0.245 e. The molecule has 0 radical (unpaired) electrons. The van der Waals surface area contributed by atoms with Gasteiger partial charge in [0.2, 0.25) is 35.4 Å². The van der Waals surface area contributed by atoms with Crippen LogP contribution in [0.5, 0.6) is 0 Å². The monoisotopic (exact) mass is 842 g/mol. The number of rotatable bonds is 26. The maximum Gasteiger partial charge on any atom is 0.245 e. The molecule has 326 valence electrons. The Hall–Kier alpha value is -5.56. The van der Waals surface area contributed by atoms with E-state index in [4.69, 9.17) is 17.2 Å². The molecule has 6 amide bonds. The van der Waals surface area contributed by atoms with Crippen molar-refractivity contribution in [3.8, 4) is 0 Å². The Kier molecular flexibility index (Phi) is 21.0. The summed E-state index contributed by atoms with van der Waals surface area (Å²) in [5.41, 5.74) is 17.8. The van der Waals surface area contributed by atoms with Crippen molar-refractivity contribution in [3.05, 3.63) is 71.8 Å². The fourth-order valence-corrected chi connectivity index (χ4v) is 6.76. The highest BCUT2D eigenvalue weighted by molar-refractivity contribution is 7.90. The van der Waals surface area contributed by atoms with Crippen molar-refractivity contribution in [1.82, 2.24) is 31.5 Å². The van der Waals surface area contributed by atoms with E-state index in [2.05, 4.69) is 31.6 Å². The van der Waals surface area contributed by atoms with Gasteiger partial charge in [0.25, 0.3) is 0 Å². The van der Waals surface area contributed by atoms with E-state index >= 15 is 0 Å². The highest BCUT2D eigenvalue weighted by Crippen LogP contribution is 2.11. The second-order valence-corrected chi connectivity index (χ2v) is 17.2. The Morgan fingerprint density at radius 2 is 1.22 bits per heavy atom. The first-order valence-corrected chi connectivity index (χ1v) is 21.6. The van der Waals surface area contributed by atoms with Gasteiger partial charge in [-0.25, -0.2) is 8.42 Å². The Bertz CT molecular complexity index is 1830. The van der Waals surface area contributed by atoms with Crippen molar-refractivity contribution in [2.45, 2.75) is 89.5 Å². The lowest BCUT2D eigenvalue weighted by Crippen LogP contribution is -2.58. The molecule has 0 aliphatic carbocycles. The average Bonchev–Trinajstić information content (AvgIpc) is 3.16. The molecular weight excluding hydrogens is 781 g/mol. The molecule has 0 saturated carbocycles. The van der Waals surface area contributed by atoms with E-state index in [1.807, 2.05) is 50.2 Å². The van der Waals surface area contributed by atoms with E-state index in [1.165, 1.54) is 11.8 Å². The summed E-state index contributed by atoms with van der Waals surface area (Å²) >= 11 is 0. The van der Waals surface area contributed by atoms with Gasteiger partial charge in [-0.2, -0.15) is 0 Å². The number of hydrogen-bond acceptors (Lipinski definition) is 10. The quantitative estimate of drug-likeness (QED) is 0.0319. The van der Waals surface area contributed by atoms with Crippen LogP contribution in [0.25, 0.3) is 0 Å². The van der Waals surface area contributed by atoms with Crippen molar-refractivity contribution in [2.24, 2.45) is 28.1 Å². The third-order valence-corrected chi connectivity index (χ3v) is 10.1. The van der Waals surface area contributed by atoms with Gasteiger partial charge < -0.3 is 48.7 Å². The third kappa shape index (κ3) is 20.1. The fourth-order valence-electron chi connectivity index (χ4n) is 6.10. The molecule has 0 aliphatic heterocycles. The molecule has 0 unspecified atom stereocenters. The van der Waals surface area contributed by atoms with E-state index in [9.17, 15) is 37.2 Å². The predicted molar refractivity (Wildman–Crippen MR) is 226 cm³/mol. The standard InChI is InChI=1S/C40H62N10O8S/c1-26(2)23-32(37(54)47-30(35(41)52)18-22-59(5,57)58)44-20-21-50(4)39(56)34(25-29-15-10-7-11-16-29)49-38(55)33(24-28-13-8-6-9-14-28)48-36(53)31(46-27(3)51)17-12-19-45-40(42)43/h6-11,13-16,26,30-34,44H,12,17-25H2,1-5H3,(H2,41,52)(H,46,51)(H,47,54)(H,48,53)(H,49,55)(H4,42,43,45)/t30-,31-,32-,33-,34-/m0/s1. The van der Waals surface area contributed by atoms with E-state index in [-0.39, 0.29) is 62.9 Å². The number of hydrogen-bond donors (Lipinski definition) is 8. The Morgan fingerprint density at radius 3 is 1.73 bits per heavy atom. The van der Waals surface area contributed by atoms with E-state index in [0.717, 1.165) is 17.4 Å². The van der Waals surface area contributed by atoms with Gasteiger partial charge in [0.15, 0.2) is 5.96 Å². The number of amides is 6. The zero-order chi connectivity index (χ0) is 44.1. The topological polar surface area (TPSA) is 290 Å². The summed E-state index contributed by atoms with van der Waals surface area (Å²) in [6.07, 6.45) is 1.96. The van der Waals surface area contributed by atoms with Crippen LogP contribution in [0.4, 0.5) is 0 Å². The van der Waals surface area contributed by atoms with Crippen LogP contribution >= 0.6 is 0 Å². The Morgan fingerprint density at radius 1 is 0.712 bits per heavy atom. The number of nitrogens with one attached hydrogen (secondary N) is 5. The summed E-state index contributed by atoms with van der Waals surface area (Å²) in [7, 11) is -1.85. The van der Waals surface area contributed by atoms with E-state index < -0.39 is 75.5 Å². The van der Waals surface area contributed by atoms with Gasteiger partial charge in [-0.1, -0.05) is 74.5 Å². The maximum atomic E-state index is 14.2. The summed E-state index contributed by atoms with van der Waals surface area (Å²) in [5, 5.41) is 14.0. The van der Waals surface area contributed by atoms with Gasteiger partial charge >= 0.3 is 0 Å². The highest BCUT2D eigenvalue weighted by atomic mass is 32.2. The van der Waals surface area contributed by atoms with Gasteiger partial charge in [-0.3, -0.25) is 33.8 Å². The van der Waals surface area contributed by atoms with Gasteiger partial charge in [-0.05, 0) is 42.7 Å². The molecular formula is C40H62N10O8S. The molecule has 0 saturated heterocycles. The van der Waals surface area contributed by atoms with E-state index in [0.29, 0.717) is 12.8 Å². The minimum absolute atomic E-state index is 0.0497. The summed E-state index contributed by atoms with van der Waals surface area (Å²) < 4.78 is 23.4. The number of guanidine groups is 1. The summed E-state index contributed by atoms with van der Waals surface area (Å²) in [4.78, 5) is 84.6. The van der Waals surface area contributed by atoms with Crippen LogP contribution in [0.1, 0.15) is 57.6 Å². The molecule has 59 heavy (non-hydrogen) atoms. The lowest BCUT2D eigenvalue weighted by atomic mass is 10.0. The summed E-state index contributed by atoms with van der Waals surface area (Å²) in [6.45, 7) is 5.57. The fraction of sp³-hybridized carbons (Fsp3) is 0.525. The molecule has 0 aliphatic rings. The molecule has 5 atom stereocenters. The molecule has 2 rings (SSSR count). The zero-order valence-corrected chi connectivity index (χ0v) is 35.4. The number of carbonyl (C=O) groups is 6. The van der Waals surface area contributed by atoms with Crippen LogP contribution in [0, 0.1) is 5.92 Å². The SMILES string of the molecule is CC(=O)N[C@@H](CCCN=C(N)N)C(=O)N[C@@H](Cc1ccccc1)C(=O)N[C@@H](Cc1ccccc1)C(=O)N(C)CCN[C@@H](CC(C)C)C(=O)N[C@@H](CCS(C)(=O)=O)C(N)=O. The average molecular weight is 843 g/mol. The molecule has 0 fully saturated rings. The normalized spacial score (nSPS) is 13.8. The van der Waals surface area contributed by atoms with Crippen molar-refractivity contribution in [3.63, 3.8) is 0 Å². The lowest BCUT2D eigenvalue weighted by molar-refractivity contribution is -0.136.